The van der Waals surface area contributed by atoms with Crippen molar-refractivity contribution in [3.8, 4) is 0 Å². The van der Waals surface area contributed by atoms with Gasteiger partial charge in [-0.25, -0.2) is 0 Å². The van der Waals surface area contributed by atoms with E-state index in [2.05, 4.69) is 84.3 Å². The normalized spacial score (nSPS) is 15.7. The molecule has 158 valence electrons. The highest BCUT2D eigenvalue weighted by Crippen LogP contribution is 2.20. The summed E-state index contributed by atoms with van der Waals surface area (Å²) < 4.78 is 2.10. The van der Waals surface area contributed by atoms with Crippen molar-refractivity contribution < 1.29 is 0 Å². The molecule has 0 aliphatic carbocycles. The molecule has 3 aromatic rings. The lowest BCUT2D eigenvalue weighted by atomic mass is 10.0. The summed E-state index contributed by atoms with van der Waals surface area (Å²) in [5.41, 5.74) is 1.41. The van der Waals surface area contributed by atoms with Crippen LogP contribution in [-0.4, -0.2) is 70.3 Å². The second-order valence-electron chi connectivity index (χ2n) is 7.67. The summed E-state index contributed by atoms with van der Waals surface area (Å²) in [5, 5.41) is 14.3. The molecule has 1 aliphatic heterocycles. The van der Waals surface area contributed by atoms with Crippen LogP contribution in [-0.2, 0) is 19.5 Å². The Kier molecular flexibility index (Phi) is 6.59. The second-order valence-corrected chi connectivity index (χ2v) is 7.67. The van der Waals surface area contributed by atoms with E-state index in [-0.39, 0.29) is 0 Å². The lowest BCUT2D eigenvalue weighted by molar-refractivity contribution is 0.173. The lowest BCUT2D eigenvalue weighted by Gasteiger charge is -2.36. The van der Waals surface area contributed by atoms with Gasteiger partial charge in [-0.1, -0.05) is 49.4 Å². The molecule has 1 saturated heterocycles. The number of aliphatic imine (C=N–C) groups is 1. The summed E-state index contributed by atoms with van der Waals surface area (Å²) in [6.45, 7) is 8.79. The molecule has 1 aromatic heterocycles. The molecule has 0 amide bonds. The van der Waals surface area contributed by atoms with E-state index in [0.717, 1.165) is 64.0 Å². The van der Waals surface area contributed by atoms with Crippen molar-refractivity contribution in [2.75, 3.05) is 39.8 Å². The van der Waals surface area contributed by atoms with Gasteiger partial charge in [-0.05, 0) is 16.3 Å². The van der Waals surface area contributed by atoms with E-state index in [1.807, 2.05) is 7.05 Å². The Balaban J connectivity index is 1.28. The third-order valence-electron chi connectivity index (χ3n) is 5.81. The third kappa shape index (κ3) is 4.62. The van der Waals surface area contributed by atoms with Crippen LogP contribution < -0.4 is 5.32 Å². The Hall–Kier alpha value is -2.93. The van der Waals surface area contributed by atoms with Crippen molar-refractivity contribution in [2.24, 2.45) is 4.99 Å². The molecule has 1 aliphatic rings. The average molecular weight is 406 g/mol. The molecule has 0 spiro atoms. The van der Waals surface area contributed by atoms with E-state index in [1.54, 1.807) is 6.33 Å². The van der Waals surface area contributed by atoms with E-state index < -0.39 is 0 Å². The smallest absolute Gasteiger partial charge is 0.193 e. The number of hydrogen-bond donors (Lipinski definition) is 1. The van der Waals surface area contributed by atoms with Crippen molar-refractivity contribution >= 4 is 16.7 Å². The van der Waals surface area contributed by atoms with Gasteiger partial charge in [0.1, 0.15) is 12.2 Å². The van der Waals surface area contributed by atoms with Crippen LogP contribution in [0.15, 0.2) is 53.8 Å². The Labute approximate surface area is 178 Å². The molecule has 0 radical (unpaired) electrons. The number of benzene rings is 2. The minimum absolute atomic E-state index is 0.813. The van der Waals surface area contributed by atoms with Gasteiger partial charge in [0.05, 0.1) is 0 Å². The van der Waals surface area contributed by atoms with Gasteiger partial charge >= 0.3 is 0 Å². The standard InChI is InChI=1S/C23H31N7/c1-3-22-27-26-18-30(22)12-11-25-23(24-2)29-15-13-28(14-16-29)17-20-9-6-8-19-7-4-5-10-21(19)20/h4-10,18H,3,11-17H2,1-2H3,(H,24,25). The number of nitrogens with one attached hydrogen (secondary N) is 1. The number of nitrogens with zero attached hydrogens (tertiary/aromatic N) is 6. The van der Waals surface area contributed by atoms with Gasteiger partial charge in [0.25, 0.3) is 0 Å². The molecule has 0 saturated carbocycles. The highest BCUT2D eigenvalue weighted by Gasteiger charge is 2.20. The summed E-state index contributed by atoms with van der Waals surface area (Å²) in [6.07, 6.45) is 2.70. The van der Waals surface area contributed by atoms with Gasteiger partial charge in [0, 0.05) is 59.3 Å². The van der Waals surface area contributed by atoms with Gasteiger partial charge in [0.15, 0.2) is 5.96 Å². The Morgan fingerprint density at radius 1 is 1.07 bits per heavy atom. The highest BCUT2D eigenvalue weighted by molar-refractivity contribution is 5.85. The number of fused-ring (bicyclic) bond motifs is 1. The first kappa shape index (κ1) is 20.3. The zero-order chi connectivity index (χ0) is 20.8. The van der Waals surface area contributed by atoms with E-state index in [1.165, 1.54) is 16.3 Å². The number of aryl methyl sites for hydroxylation is 1. The maximum Gasteiger partial charge on any atom is 0.193 e. The molecule has 4 rings (SSSR count). The molecule has 0 bridgehead atoms. The maximum atomic E-state index is 4.50. The van der Waals surface area contributed by atoms with Crippen LogP contribution in [0.5, 0.6) is 0 Å². The number of hydrogen-bond acceptors (Lipinski definition) is 4. The lowest BCUT2D eigenvalue weighted by Crippen LogP contribution is -2.52. The monoisotopic (exact) mass is 405 g/mol. The Morgan fingerprint density at radius 2 is 1.87 bits per heavy atom. The SMILES string of the molecule is CCc1nncn1CCNC(=NC)N1CCN(Cc2cccc3ccccc23)CC1. The van der Waals surface area contributed by atoms with Crippen molar-refractivity contribution in [3.63, 3.8) is 0 Å². The summed E-state index contributed by atoms with van der Waals surface area (Å²) in [4.78, 5) is 9.39. The summed E-state index contributed by atoms with van der Waals surface area (Å²) >= 11 is 0. The summed E-state index contributed by atoms with van der Waals surface area (Å²) in [6, 6.07) is 15.3. The predicted molar refractivity (Wildman–Crippen MR) is 122 cm³/mol. The fraction of sp³-hybridized carbons (Fsp3) is 0.435. The summed E-state index contributed by atoms with van der Waals surface area (Å²) in [7, 11) is 1.86. The van der Waals surface area contributed by atoms with E-state index >= 15 is 0 Å². The first-order chi connectivity index (χ1) is 14.8. The van der Waals surface area contributed by atoms with Crippen molar-refractivity contribution in [1.29, 1.82) is 0 Å². The van der Waals surface area contributed by atoms with Gasteiger partial charge in [-0.3, -0.25) is 9.89 Å². The molecule has 1 N–H and O–H groups in total. The fourth-order valence-corrected chi connectivity index (χ4v) is 4.15. The molecule has 30 heavy (non-hydrogen) atoms. The first-order valence-electron chi connectivity index (χ1n) is 10.8. The van der Waals surface area contributed by atoms with Crippen LogP contribution in [0.1, 0.15) is 18.3 Å². The Morgan fingerprint density at radius 3 is 2.67 bits per heavy atom. The van der Waals surface area contributed by atoms with Gasteiger partial charge < -0.3 is 14.8 Å². The highest BCUT2D eigenvalue weighted by atomic mass is 15.3. The molecule has 0 unspecified atom stereocenters. The fourth-order valence-electron chi connectivity index (χ4n) is 4.15. The number of rotatable bonds is 6. The molecule has 2 heterocycles. The Bertz CT molecular complexity index is 981. The van der Waals surface area contributed by atoms with Crippen molar-refractivity contribution in [1.82, 2.24) is 29.9 Å². The largest absolute Gasteiger partial charge is 0.354 e. The van der Waals surface area contributed by atoms with Crippen LogP contribution in [0.2, 0.25) is 0 Å². The maximum absolute atomic E-state index is 4.50. The molecular formula is C23H31N7. The van der Waals surface area contributed by atoms with Crippen LogP contribution in [0.25, 0.3) is 10.8 Å². The van der Waals surface area contributed by atoms with E-state index in [0.29, 0.717) is 0 Å². The predicted octanol–water partition coefficient (Wildman–Crippen LogP) is 2.39. The summed E-state index contributed by atoms with van der Waals surface area (Å²) in [5.74, 6) is 2.00. The number of piperazine rings is 1. The molecular weight excluding hydrogens is 374 g/mol. The van der Waals surface area contributed by atoms with E-state index in [9.17, 15) is 0 Å². The molecule has 7 nitrogen and oxygen atoms in total. The first-order valence-corrected chi connectivity index (χ1v) is 10.8. The minimum Gasteiger partial charge on any atom is -0.354 e. The molecule has 1 fully saturated rings. The van der Waals surface area contributed by atoms with Crippen LogP contribution in [0.3, 0.4) is 0 Å². The van der Waals surface area contributed by atoms with Crippen LogP contribution in [0.4, 0.5) is 0 Å². The van der Waals surface area contributed by atoms with Gasteiger partial charge in [-0.15, -0.1) is 10.2 Å². The van der Waals surface area contributed by atoms with Crippen molar-refractivity contribution in [2.45, 2.75) is 26.4 Å². The van der Waals surface area contributed by atoms with Gasteiger partial charge in [0.2, 0.25) is 0 Å². The molecule has 2 aromatic carbocycles. The average Bonchev–Trinajstić information content (AvgIpc) is 3.25. The van der Waals surface area contributed by atoms with Gasteiger partial charge in [-0.2, -0.15) is 0 Å². The zero-order valence-electron chi connectivity index (χ0n) is 18.0. The second kappa shape index (κ2) is 9.71. The van der Waals surface area contributed by atoms with Crippen molar-refractivity contribution in [3.05, 3.63) is 60.2 Å². The minimum atomic E-state index is 0.813. The molecule has 0 atom stereocenters. The van der Waals surface area contributed by atoms with Crippen LogP contribution >= 0.6 is 0 Å². The number of guanidine groups is 1. The zero-order valence-corrected chi connectivity index (χ0v) is 18.0. The number of aromatic nitrogens is 3. The van der Waals surface area contributed by atoms with Crippen LogP contribution in [0, 0.1) is 0 Å². The molecule has 7 heteroatoms. The quantitative estimate of drug-likeness (QED) is 0.504. The topological polar surface area (TPSA) is 61.6 Å². The van der Waals surface area contributed by atoms with E-state index in [4.69, 9.17) is 0 Å². The third-order valence-corrected chi connectivity index (χ3v) is 5.81.